The van der Waals surface area contributed by atoms with Gasteiger partial charge in [-0.1, -0.05) is 30.3 Å². The van der Waals surface area contributed by atoms with Crippen molar-refractivity contribution in [2.75, 3.05) is 5.32 Å². The summed E-state index contributed by atoms with van der Waals surface area (Å²) in [6.45, 7) is 1.96. The summed E-state index contributed by atoms with van der Waals surface area (Å²) in [6, 6.07) is 13.1. The van der Waals surface area contributed by atoms with Crippen LogP contribution >= 0.6 is 0 Å². The molecular weight excluding hydrogens is 361 g/mol. The average molecular weight is 379 g/mol. The number of aromatic nitrogens is 2. The third-order valence-electron chi connectivity index (χ3n) is 5.28. The number of carboxylic acid groups (broad SMARTS) is 1. The van der Waals surface area contributed by atoms with Gasteiger partial charge in [-0.05, 0) is 54.2 Å². The van der Waals surface area contributed by atoms with Crippen LogP contribution in [-0.4, -0.2) is 27.3 Å². The van der Waals surface area contributed by atoms with E-state index in [0.29, 0.717) is 24.9 Å². The maximum absolute atomic E-state index is 13.7. The molecule has 2 N–H and O–H groups in total. The first-order valence-corrected chi connectivity index (χ1v) is 8.85. The summed E-state index contributed by atoms with van der Waals surface area (Å²) in [6.07, 6.45) is 2.79. The minimum absolute atomic E-state index is 0.0216. The summed E-state index contributed by atoms with van der Waals surface area (Å²) in [5, 5.41) is 15.7. The van der Waals surface area contributed by atoms with Crippen molar-refractivity contribution in [2.24, 2.45) is 0 Å². The van der Waals surface area contributed by atoms with E-state index in [1.165, 1.54) is 4.68 Å². The molecule has 0 spiro atoms. The second-order valence-electron chi connectivity index (χ2n) is 6.98. The Morgan fingerprint density at radius 3 is 2.54 bits per heavy atom. The van der Waals surface area contributed by atoms with Crippen LogP contribution in [0.15, 0.2) is 48.7 Å². The zero-order valence-electron chi connectivity index (χ0n) is 15.1. The number of nitrogens with one attached hydrogen (secondary N) is 1. The fourth-order valence-electron chi connectivity index (χ4n) is 3.53. The summed E-state index contributed by atoms with van der Waals surface area (Å²) >= 11 is 0. The van der Waals surface area contributed by atoms with E-state index in [4.69, 9.17) is 0 Å². The monoisotopic (exact) mass is 379 g/mol. The van der Waals surface area contributed by atoms with E-state index in [-0.39, 0.29) is 5.82 Å². The molecule has 2 aromatic carbocycles. The second kappa shape index (κ2) is 6.60. The Labute approximate surface area is 160 Å². The number of benzene rings is 2. The molecule has 1 amide bonds. The fraction of sp³-hybridized carbons (Fsp3) is 0.190. The van der Waals surface area contributed by atoms with Crippen LogP contribution in [0.2, 0.25) is 0 Å². The number of nitrogens with zero attached hydrogens (tertiary/aromatic N) is 2. The van der Waals surface area contributed by atoms with Gasteiger partial charge in [0.05, 0.1) is 17.3 Å². The molecule has 0 bridgehead atoms. The van der Waals surface area contributed by atoms with Gasteiger partial charge in [-0.3, -0.25) is 9.59 Å². The number of anilines is 1. The number of rotatable bonds is 6. The second-order valence-corrected chi connectivity index (χ2v) is 6.98. The lowest BCUT2D eigenvalue weighted by Crippen LogP contribution is -2.19. The van der Waals surface area contributed by atoms with Crippen LogP contribution in [-0.2, 0) is 15.0 Å². The maximum Gasteiger partial charge on any atom is 0.314 e. The van der Waals surface area contributed by atoms with E-state index < -0.39 is 17.2 Å². The van der Waals surface area contributed by atoms with Gasteiger partial charge in [0, 0.05) is 0 Å². The molecule has 0 radical (unpaired) electrons. The van der Waals surface area contributed by atoms with Gasteiger partial charge in [0.1, 0.15) is 0 Å². The van der Waals surface area contributed by atoms with E-state index in [0.717, 1.165) is 28.5 Å². The number of carbonyl (C=O) groups excluding carboxylic acids is 1. The third kappa shape index (κ3) is 2.85. The van der Waals surface area contributed by atoms with Crippen LogP contribution in [0, 0.1) is 12.7 Å². The highest BCUT2D eigenvalue weighted by molar-refractivity contribution is 5.85. The number of carbonyl (C=O) groups is 2. The highest BCUT2D eigenvalue weighted by Crippen LogP contribution is 2.49. The van der Waals surface area contributed by atoms with Crippen molar-refractivity contribution in [1.82, 2.24) is 9.78 Å². The van der Waals surface area contributed by atoms with Gasteiger partial charge < -0.3 is 10.4 Å². The molecule has 0 unspecified atom stereocenters. The lowest BCUT2D eigenvalue weighted by atomic mass is 9.91. The molecule has 7 heteroatoms. The Bertz CT molecular complexity index is 1070. The average Bonchev–Trinajstić information content (AvgIpc) is 3.43. The molecule has 0 atom stereocenters. The maximum atomic E-state index is 13.7. The van der Waals surface area contributed by atoms with Crippen LogP contribution in [0.1, 0.15) is 24.0 Å². The van der Waals surface area contributed by atoms with Crippen LogP contribution in [0.4, 0.5) is 10.2 Å². The zero-order chi connectivity index (χ0) is 19.9. The predicted molar refractivity (Wildman–Crippen MR) is 102 cm³/mol. The summed E-state index contributed by atoms with van der Waals surface area (Å²) in [5.41, 5.74) is 3.66. The van der Waals surface area contributed by atoms with Crippen molar-refractivity contribution in [1.29, 1.82) is 0 Å². The normalized spacial score (nSPS) is 14.5. The number of halogens is 1. The zero-order valence-corrected chi connectivity index (χ0v) is 15.1. The number of hydrogen-bond donors (Lipinski definition) is 2. The molecule has 1 saturated carbocycles. The minimum Gasteiger partial charge on any atom is -0.481 e. The number of aryl methyl sites for hydroxylation is 1. The van der Waals surface area contributed by atoms with E-state index in [2.05, 4.69) is 10.4 Å². The van der Waals surface area contributed by atoms with Gasteiger partial charge >= 0.3 is 5.97 Å². The Morgan fingerprint density at radius 1 is 1.25 bits per heavy atom. The molecule has 0 saturated heterocycles. The van der Waals surface area contributed by atoms with Crippen LogP contribution in [0.3, 0.4) is 0 Å². The number of aliphatic carboxylic acids is 1. The first kappa shape index (κ1) is 17.9. The van der Waals surface area contributed by atoms with Crippen molar-refractivity contribution in [2.45, 2.75) is 25.2 Å². The molecule has 4 rings (SSSR count). The summed E-state index contributed by atoms with van der Waals surface area (Å²) in [7, 11) is 0. The van der Waals surface area contributed by atoms with E-state index in [9.17, 15) is 19.1 Å². The number of amides is 1. The van der Waals surface area contributed by atoms with Crippen molar-refractivity contribution in [3.8, 4) is 16.8 Å². The highest BCUT2D eigenvalue weighted by atomic mass is 19.1. The topological polar surface area (TPSA) is 84.2 Å². The molecule has 1 aromatic heterocycles. The number of carboxylic acids is 1. The van der Waals surface area contributed by atoms with Crippen LogP contribution in [0.25, 0.3) is 16.8 Å². The van der Waals surface area contributed by atoms with Gasteiger partial charge in [0.2, 0.25) is 6.41 Å². The molecule has 1 fully saturated rings. The summed E-state index contributed by atoms with van der Waals surface area (Å²) < 4.78 is 15.0. The minimum atomic E-state index is -0.768. The standard InChI is InChI=1S/C21H18FN3O3/c1-13-10-15(21(8-9-21)20(27)28)4-7-17(13)14-2-5-16(6-3-14)25-19(23-12-26)18(22)11-24-25/h2-7,10-12H,8-9H2,1H3,(H,23,26)(H,27,28). The molecule has 0 aliphatic heterocycles. The molecule has 6 nitrogen and oxygen atoms in total. The lowest BCUT2D eigenvalue weighted by Gasteiger charge is -2.14. The summed E-state index contributed by atoms with van der Waals surface area (Å²) in [5.74, 6) is -1.41. The van der Waals surface area contributed by atoms with E-state index in [1.807, 2.05) is 37.3 Å². The lowest BCUT2D eigenvalue weighted by molar-refractivity contribution is -0.140. The van der Waals surface area contributed by atoms with Crippen molar-refractivity contribution >= 4 is 18.2 Å². The summed E-state index contributed by atoms with van der Waals surface area (Å²) in [4.78, 5) is 22.2. The van der Waals surface area contributed by atoms with Crippen LogP contribution in [0.5, 0.6) is 0 Å². The highest BCUT2D eigenvalue weighted by Gasteiger charge is 2.51. The Morgan fingerprint density at radius 2 is 1.96 bits per heavy atom. The van der Waals surface area contributed by atoms with Gasteiger partial charge in [-0.2, -0.15) is 5.10 Å². The van der Waals surface area contributed by atoms with Crippen molar-refractivity contribution in [3.05, 3.63) is 65.6 Å². The third-order valence-corrected chi connectivity index (χ3v) is 5.28. The smallest absolute Gasteiger partial charge is 0.314 e. The van der Waals surface area contributed by atoms with Crippen LogP contribution < -0.4 is 5.32 Å². The van der Waals surface area contributed by atoms with E-state index >= 15 is 0 Å². The molecule has 142 valence electrons. The Kier molecular flexibility index (Phi) is 4.22. The first-order chi connectivity index (χ1) is 13.5. The van der Waals surface area contributed by atoms with Gasteiger partial charge in [0.15, 0.2) is 11.6 Å². The van der Waals surface area contributed by atoms with Gasteiger partial charge in [-0.15, -0.1) is 0 Å². The fourth-order valence-corrected chi connectivity index (χ4v) is 3.53. The molecule has 1 heterocycles. The SMILES string of the molecule is Cc1cc(C2(C(=O)O)CC2)ccc1-c1ccc(-n2ncc(F)c2NC=O)cc1. The largest absolute Gasteiger partial charge is 0.481 e. The predicted octanol–water partition coefficient (Wildman–Crippen LogP) is 3.67. The molecule has 1 aliphatic carbocycles. The Hall–Kier alpha value is -3.48. The van der Waals surface area contributed by atoms with Gasteiger partial charge in [-0.25, -0.2) is 9.07 Å². The molecular formula is C21H18FN3O3. The van der Waals surface area contributed by atoms with Crippen molar-refractivity contribution < 1.29 is 19.1 Å². The molecule has 3 aromatic rings. The quantitative estimate of drug-likeness (QED) is 0.640. The van der Waals surface area contributed by atoms with E-state index in [1.54, 1.807) is 12.1 Å². The molecule has 28 heavy (non-hydrogen) atoms. The first-order valence-electron chi connectivity index (χ1n) is 8.85. The Balaban J connectivity index is 1.65. The van der Waals surface area contributed by atoms with Gasteiger partial charge in [0.25, 0.3) is 0 Å². The number of hydrogen-bond acceptors (Lipinski definition) is 3. The van der Waals surface area contributed by atoms with Crippen molar-refractivity contribution in [3.63, 3.8) is 0 Å². The molecule has 1 aliphatic rings.